The Hall–Kier alpha value is -1.51. The fourth-order valence-electron chi connectivity index (χ4n) is 2.43. The van der Waals surface area contributed by atoms with E-state index in [0.29, 0.717) is 6.47 Å². The summed E-state index contributed by atoms with van der Waals surface area (Å²) in [6, 6.07) is 7.18. The molecule has 1 fully saturated rings. The van der Waals surface area contributed by atoms with Crippen LogP contribution in [-0.4, -0.2) is 17.7 Å². The highest BCUT2D eigenvalue weighted by atomic mass is 16.5. The number of rotatable bonds is 3. The van der Waals surface area contributed by atoms with Crippen LogP contribution in [0.2, 0.25) is 0 Å². The van der Waals surface area contributed by atoms with E-state index in [1.165, 1.54) is 6.42 Å². The van der Waals surface area contributed by atoms with Crippen LogP contribution in [0.25, 0.3) is 0 Å². The molecule has 3 nitrogen and oxygen atoms in total. The van der Waals surface area contributed by atoms with Crippen molar-refractivity contribution in [2.24, 2.45) is 0 Å². The smallest absolute Gasteiger partial charge is 0.293 e. The highest BCUT2D eigenvalue weighted by Gasteiger charge is 2.27. The maximum atomic E-state index is 10.4. The first kappa shape index (κ1) is 11.0. The lowest BCUT2D eigenvalue weighted by molar-refractivity contribution is -0.135. The van der Waals surface area contributed by atoms with Crippen molar-refractivity contribution >= 4 is 6.47 Å². The number of aromatic hydroxyl groups is 1. The summed E-state index contributed by atoms with van der Waals surface area (Å²) in [5.74, 6) is 0.548. The second-order valence-corrected chi connectivity index (χ2v) is 4.25. The lowest BCUT2D eigenvalue weighted by Crippen LogP contribution is -2.25. The number of phenolic OH excluding ortho intramolecular Hbond substituents is 1. The Kier molecular flexibility index (Phi) is 3.44. The van der Waals surface area contributed by atoms with E-state index < -0.39 is 0 Å². The minimum Gasteiger partial charge on any atom is -0.508 e. The van der Waals surface area contributed by atoms with E-state index in [1.807, 2.05) is 12.1 Å². The van der Waals surface area contributed by atoms with Gasteiger partial charge < -0.3 is 9.84 Å². The fraction of sp³-hybridized carbons (Fsp3) is 0.462. The minimum atomic E-state index is -0.00390. The zero-order valence-corrected chi connectivity index (χ0v) is 9.13. The highest BCUT2D eigenvalue weighted by Crippen LogP contribution is 2.35. The van der Waals surface area contributed by atoms with Crippen LogP contribution >= 0.6 is 0 Å². The lowest BCUT2D eigenvalue weighted by Gasteiger charge is -2.30. The van der Waals surface area contributed by atoms with E-state index >= 15 is 0 Å². The first-order chi connectivity index (χ1) is 7.81. The Morgan fingerprint density at radius 1 is 1.19 bits per heavy atom. The molecular formula is C13H16O3. The Bertz CT molecular complexity index is 345. The molecule has 86 valence electrons. The van der Waals surface area contributed by atoms with Gasteiger partial charge in [-0.05, 0) is 37.0 Å². The molecule has 3 heteroatoms. The number of phenols is 1. The van der Waals surface area contributed by atoms with Gasteiger partial charge in [-0.2, -0.15) is 0 Å². The molecule has 1 saturated carbocycles. The molecule has 2 unspecified atom stereocenters. The summed E-state index contributed by atoms with van der Waals surface area (Å²) in [5, 5.41) is 9.24. The van der Waals surface area contributed by atoms with Crippen LogP contribution < -0.4 is 0 Å². The van der Waals surface area contributed by atoms with Gasteiger partial charge in [-0.15, -0.1) is 0 Å². The zero-order valence-electron chi connectivity index (χ0n) is 9.13. The van der Waals surface area contributed by atoms with Gasteiger partial charge in [0.05, 0.1) is 0 Å². The van der Waals surface area contributed by atoms with Crippen LogP contribution in [0.5, 0.6) is 5.75 Å². The van der Waals surface area contributed by atoms with Gasteiger partial charge in [0, 0.05) is 5.92 Å². The quantitative estimate of drug-likeness (QED) is 0.796. The van der Waals surface area contributed by atoms with Crippen LogP contribution in [0.1, 0.15) is 37.2 Å². The van der Waals surface area contributed by atoms with Gasteiger partial charge in [0.25, 0.3) is 6.47 Å². The molecule has 0 aliphatic heterocycles. The van der Waals surface area contributed by atoms with E-state index in [2.05, 4.69) is 0 Å². The number of benzene rings is 1. The van der Waals surface area contributed by atoms with Crippen LogP contribution in [0.4, 0.5) is 0 Å². The first-order valence-electron chi connectivity index (χ1n) is 5.69. The van der Waals surface area contributed by atoms with Gasteiger partial charge in [0.1, 0.15) is 11.9 Å². The summed E-state index contributed by atoms with van der Waals surface area (Å²) in [4.78, 5) is 10.4. The Morgan fingerprint density at radius 3 is 2.56 bits per heavy atom. The SMILES string of the molecule is O=COC1CCCCC1c1ccc(O)cc1. The largest absolute Gasteiger partial charge is 0.508 e. The van der Waals surface area contributed by atoms with Gasteiger partial charge in [-0.1, -0.05) is 18.6 Å². The Labute approximate surface area is 95.0 Å². The standard InChI is InChI=1S/C13H16O3/c14-9-16-13-4-2-1-3-12(13)10-5-7-11(15)8-6-10/h5-9,12-13,15H,1-4H2. The van der Waals surface area contributed by atoms with E-state index in [9.17, 15) is 9.90 Å². The third-order valence-corrected chi connectivity index (χ3v) is 3.25. The molecular weight excluding hydrogens is 204 g/mol. The molecule has 0 bridgehead atoms. The third-order valence-electron chi connectivity index (χ3n) is 3.25. The summed E-state index contributed by atoms with van der Waals surface area (Å²) in [6.45, 7) is 0.545. The lowest BCUT2D eigenvalue weighted by atomic mass is 9.81. The summed E-state index contributed by atoms with van der Waals surface area (Å²) in [7, 11) is 0. The second kappa shape index (κ2) is 5.01. The van der Waals surface area contributed by atoms with Crippen molar-refractivity contribution < 1.29 is 14.6 Å². The molecule has 1 N–H and O–H groups in total. The zero-order chi connectivity index (χ0) is 11.4. The molecule has 1 aromatic rings. The molecule has 2 rings (SSSR count). The second-order valence-electron chi connectivity index (χ2n) is 4.25. The topological polar surface area (TPSA) is 46.5 Å². The molecule has 0 amide bonds. The molecule has 2 atom stereocenters. The number of carbonyl (C=O) groups excluding carboxylic acids is 1. The van der Waals surface area contributed by atoms with E-state index in [1.54, 1.807) is 12.1 Å². The summed E-state index contributed by atoms with van der Waals surface area (Å²) in [6.07, 6.45) is 4.26. The fourth-order valence-corrected chi connectivity index (χ4v) is 2.43. The number of carbonyl (C=O) groups is 1. The number of ether oxygens (including phenoxy) is 1. The van der Waals surface area contributed by atoms with E-state index in [0.717, 1.165) is 24.8 Å². The van der Waals surface area contributed by atoms with Gasteiger partial charge in [-0.3, -0.25) is 4.79 Å². The normalized spacial score (nSPS) is 25.0. The maximum Gasteiger partial charge on any atom is 0.293 e. The molecule has 0 heterocycles. The molecule has 1 aromatic carbocycles. The average Bonchev–Trinajstić information content (AvgIpc) is 2.32. The van der Waals surface area contributed by atoms with Crippen molar-refractivity contribution in [3.05, 3.63) is 29.8 Å². The number of hydrogen-bond donors (Lipinski definition) is 1. The summed E-state index contributed by atoms with van der Waals surface area (Å²) >= 11 is 0. The van der Waals surface area contributed by atoms with Gasteiger partial charge in [-0.25, -0.2) is 0 Å². The predicted octanol–water partition coefficient (Wildman–Crippen LogP) is 2.59. The molecule has 0 aromatic heterocycles. The van der Waals surface area contributed by atoms with Gasteiger partial charge in [0.15, 0.2) is 0 Å². The summed E-state index contributed by atoms with van der Waals surface area (Å²) < 4.78 is 5.14. The average molecular weight is 220 g/mol. The van der Waals surface area contributed by atoms with Gasteiger partial charge >= 0.3 is 0 Å². The van der Waals surface area contributed by atoms with Crippen molar-refractivity contribution in [2.45, 2.75) is 37.7 Å². The number of hydrogen-bond acceptors (Lipinski definition) is 3. The predicted molar refractivity (Wildman–Crippen MR) is 60.3 cm³/mol. The molecule has 0 spiro atoms. The molecule has 1 aliphatic carbocycles. The monoisotopic (exact) mass is 220 g/mol. The van der Waals surface area contributed by atoms with E-state index in [4.69, 9.17) is 4.74 Å². The van der Waals surface area contributed by atoms with Crippen molar-refractivity contribution in [1.82, 2.24) is 0 Å². The minimum absolute atomic E-state index is 0.00390. The molecule has 0 saturated heterocycles. The third kappa shape index (κ3) is 2.35. The summed E-state index contributed by atoms with van der Waals surface area (Å²) in [5.41, 5.74) is 1.14. The molecule has 0 radical (unpaired) electrons. The van der Waals surface area contributed by atoms with Crippen molar-refractivity contribution in [2.75, 3.05) is 0 Å². The van der Waals surface area contributed by atoms with Crippen LogP contribution in [0.3, 0.4) is 0 Å². The van der Waals surface area contributed by atoms with Crippen LogP contribution in [-0.2, 0) is 9.53 Å². The van der Waals surface area contributed by atoms with Crippen LogP contribution in [0, 0.1) is 0 Å². The maximum absolute atomic E-state index is 10.4. The Morgan fingerprint density at radius 2 is 1.88 bits per heavy atom. The van der Waals surface area contributed by atoms with E-state index in [-0.39, 0.29) is 17.8 Å². The van der Waals surface area contributed by atoms with Crippen molar-refractivity contribution in [3.63, 3.8) is 0 Å². The van der Waals surface area contributed by atoms with Crippen molar-refractivity contribution in [1.29, 1.82) is 0 Å². The van der Waals surface area contributed by atoms with Crippen LogP contribution in [0.15, 0.2) is 24.3 Å². The van der Waals surface area contributed by atoms with Crippen molar-refractivity contribution in [3.8, 4) is 5.75 Å². The first-order valence-corrected chi connectivity index (χ1v) is 5.69. The van der Waals surface area contributed by atoms with Gasteiger partial charge in [0.2, 0.25) is 0 Å². The Balaban J connectivity index is 2.15. The highest BCUT2D eigenvalue weighted by molar-refractivity contribution is 5.38. The molecule has 1 aliphatic rings. The molecule has 16 heavy (non-hydrogen) atoms.